The first kappa shape index (κ1) is 23.3. The predicted octanol–water partition coefficient (Wildman–Crippen LogP) is 4.52. The van der Waals surface area contributed by atoms with Gasteiger partial charge in [-0.15, -0.1) is 11.3 Å². The zero-order valence-corrected chi connectivity index (χ0v) is 20.0. The maximum absolute atomic E-state index is 13.1. The van der Waals surface area contributed by atoms with Crippen LogP contribution in [0, 0.1) is 12.8 Å². The number of ether oxygens (including phenoxy) is 2. The Balaban J connectivity index is 1.55. The highest BCUT2D eigenvalue weighted by molar-refractivity contribution is 7.18. The fraction of sp³-hybridized carbons (Fsp3) is 0.609. The third-order valence-electron chi connectivity index (χ3n) is 5.13. The molecule has 2 amide bonds. The number of aryl methyl sites for hydroxylation is 1. The number of aromatic nitrogens is 1. The van der Waals surface area contributed by atoms with Gasteiger partial charge in [-0.25, -0.2) is 9.78 Å². The molecule has 170 valence electrons. The zero-order chi connectivity index (χ0) is 22.8. The number of benzene rings is 1. The summed E-state index contributed by atoms with van der Waals surface area (Å²) in [5.74, 6) is 0.733. The number of piperidine rings is 1. The predicted molar refractivity (Wildman–Crippen MR) is 123 cm³/mol. The number of alkyl carbamates (subject to hydrolysis) is 1. The molecule has 8 heteroatoms. The van der Waals surface area contributed by atoms with Gasteiger partial charge in [0.05, 0.1) is 15.2 Å². The van der Waals surface area contributed by atoms with E-state index in [1.807, 2.05) is 43.9 Å². The van der Waals surface area contributed by atoms with Gasteiger partial charge in [-0.1, -0.05) is 13.8 Å². The van der Waals surface area contributed by atoms with Crippen LogP contribution in [0.2, 0.25) is 0 Å². The van der Waals surface area contributed by atoms with Crippen LogP contribution in [0.5, 0.6) is 5.75 Å². The van der Waals surface area contributed by atoms with Crippen LogP contribution in [-0.4, -0.2) is 52.7 Å². The van der Waals surface area contributed by atoms with Crippen molar-refractivity contribution < 1.29 is 19.1 Å². The van der Waals surface area contributed by atoms with Crippen molar-refractivity contribution in [2.75, 3.05) is 13.1 Å². The Kier molecular flexibility index (Phi) is 7.09. The van der Waals surface area contributed by atoms with E-state index in [1.54, 1.807) is 32.1 Å². The van der Waals surface area contributed by atoms with Gasteiger partial charge in [0.2, 0.25) is 5.91 Å². The first-order chi connectivity index (χ1) is 14.5. The molecule has 0 spiro atoms. The Labute approximate surface area is 188 Å². The van der Waals surface area contributed by atoms with Crippen molar-refractivity contribution in [3.63, 3.8) is 0 Å². The molecule has 0 radical (unpaired) electrons. The van der Waals surface area contributed by atoms with Crippen molar-refractivity contribution in [1.29, 1.82) is 0 Å². The van der Waals surface area contributed by atoms with Crippen molar-refractivity contribution >= 4 is 33.6 Å². The minimum Gasteiger partial charge on any atom is -0.490 e. The van der Waals surface area contributed by atoms with Crippen molar-refractivity contribution in [2.24, 2.45) is 5.92 Å². The highest BCUT2D eigenvalue weighted by Crippen LogP contribution is 2.28. The number of likely N-dealkylation sites (tertiary alicyclic amines) is 1. The summed E-state index contributed by atoms with van der Waals surface area (Å²) in [4.78, 5) is 31.5. The summed E-state index contributed by atoms with van der Waals surface area (Å²) in [7, 11) is 0. The molecule has 0 bridgehead atoms. The zero-order valence-electron chi connectivity index (χ0n) is 19.2. The van der Waals surface area contributed by atoms with Gasteiger partial charge in [0, 0.05) is 25.9 Å². The Morgan fingerprint density at radius 2 is 1.90 bits per heavy atom. The number of fused-ring (bicyclic) bond motifs is 1. The van der Waals surface area contributed by atoms with Crippen LogP contribution in [0.25, 0.3) is 10.2 Å². The molecule has 1 aromatic carbocycles. The highest BCUT2D eigenvalue weighted by atomic mass is 32.1. The Morgan fingerprint density at radius 3 is 2.52 bits per heavy atom. The van der Waals surface area contributed by atoms with Gasteiger partial charge >= 0.3 is 6.09 Å². The third kappa shape index (κ3) is 6.32. The van der Waals surface area contributed by atoms with Crippen molar-refractivity contribution in [3.05, 3.63) is 23.2 Å². The molecular formula is C23H33N3O4S. The van der Waals surface area contributed by atoms with E-state index >= 15 is 0 Å². The van der Waals surface area contributed by atoms with E-state index in [2.05, 4.69) is 10.3 Å². The average Bonchev–Trinajstić information content (AvgIpc) is 3.04. The SMILES string of the molecule is Cc1nc2ccc(OC3CCN(C(=O)[C@@H](NC(=O)OC(C)(C)C)C(C)C)CC3)cc2s1. The van der Waals surface area contributed by atoms with Crippen LogP contribution >= 0.6 is 11.3 Å². The fourth-order valence-corrected chi connectivity index (χ4v) is 4.48. The number of nitrogens with zero attached hydrogens (tertiary/aromatic N) is 2. The minimum atomic E-state index is -0.607. The van der Waals surface area contributed by atoms with Gasteiger partial charge in [0.25, 0.3) is 0 Å². The van der Waals surface area contributed by atoms with Gasteiger partial charge in [0.1, 0.15) is 23.5 Å². The lowest BCUT2D eigenvalue weighted by Crippen LogP contribution is -2.54. The summed E-state index contributed by atoms with van der Waals surface area (Å²) in [6.07, 6.45) is 1.00. The Morgan fingerprint density at radius 1 is 1.23 bits per heavy atom. The molecule has 2 aromatic rings. The van der Waals surface area contributed by atoms with E-state index in [-0.39, 0.29) is 17.9 Å². The molecule has 0 saturated carbocycles. The van der Waals surface area contributed by atoms with Crippen LogP contribution in [0.4, 0.5) is 4.79 Å². The summed E-state index contributed by atoms with van der Waals surface area (Å²) in [6, 6.07) is 5.38. The monoisotopic (exact) mass is 447 g/mol. The van der Waals surface area contributed by atoms with Crippen molar-refractivity contribution in [2.45, 2.75) is 72.1 Å². The summed E-state index contributed by atoms with van der Waals surface area (Å²) in [5.41, 5.74) is 0.387. The standard InChI is InChI=1S/C23H33N3O4S/c1-14(2)20(25-22(28)30-23(4,5)6)21(27)26-11-9-16(10-12-26)29-17-7-8-18-19(13-17)31-15(3)24-18/h7-8,13-14,16,20H,9-12H2,1-6H3,(H,25,28)/t20-/m0/s1. The van der Waals surface area contributed by atoms with Gasteiger partial charge in [0.15, 0.2) is 0 Å². The van der Waals surface area contributed by atoms with E-state index in [4.69, 9.17) is 9.47 Å². The molecule has 0 unspecified atom stereocenters. The third-order valence-corrected chi connectivity index (χ3v) is 6.06. The van der Waals surface area contributed by atoms with Gasteiger partial charge in [-0.3, -0.25) is 4.79 Å². The van der Waals surface area contributed by atoms with Gasteiger partial charge in [-0.05, 0) is 51.8 Å². The number of carbonyl (C=O) groups excluding carboxylic acids is 2. The second kappa shape index (κ2) is 9.42. The van der Waals surface area contributed by atoms with Crippen LogP contribution < -0.4 is 10.1 Å². The number of amides is 2. The second-order valence-electron chi connectivity index (χ2n) is 9.37. The highest BCUT2D eigenvalue weighted by Gasteiger charge is 2.32. The molecule has 1 aromatic heterocycles. The summed E-state index contributed by atoms with van der Waals surface area (Å²) >= 11 is 1.66. The second-order valence-corrected chi connectivity index (χ2v) is 10.6. The molecule has 7 nitrogen and oxygen atoms in total. The molecule has 3 rings (SSSR count). The molecule has 1 aliphatic heterocycles. The lowest BCUT2D eigenvalue weighted by molar-refractivity contribution is -0.136. The summed E-state index contributed by atoms with van der Waals surface area (Å²) in [5, 5.41) is 3.79. The number of nitrogens with one attached hydrogen (secondary N) is 1. The van der Waals surface area contributed by atoms with E-state index < -0.39 is 17.7 Å². The summed E-state index contributed by atoms with van der Waals surface area (Å²) in [6.45, 7) is 12.5. The summed E-state index contributed by atoms with van der Waals surface area (Å²) < 4.78 is 12.6. The maximum Gasteiger partial charge on any atom is 0.408 e. The average molecular weight is 448 g/mol. The lowest BCUT2D eigenvalue weighted by Gasteiger charge is -2.35. The number of carbonyl (C=O) groups is 2. The number of rotatable bonds is 5. The molecule has 0 aliphatic carbocycles. The van der Waals surface area contributed by atoms with Gasteiger partial charge < -0.3 is 19.7 Å². The quantitative estimate of drug-likeness (QED) is 0.729. The molecule has 1 N–H and O–H groups in total. The molecule has 1 saturated heterocycles. The molecule has 1 atom stereocenters. The van der Waals surface area contributed by atoms with Crippen molar-refractivity contribution in [3.8, 4) is 5.75 Å². The topological polar surface area (TPSA) is 80.8 Å². The molecular weight excluding hydrogens is 414 g/mol. The van der Waals surface area contributed by atoms with E-state index in [1.165, 1.54) is 0 Å². The number of hydrogen-bond acceptors (Lipinski definition) is 6. The molecule has 1 aliphatic rings. The minimum absolute atomic E-state index is 0.0384. The largest absolute Gasteiger partial charge is 0.490 e. The van der Waals surface area contributed by atoms with E-state index in [0.29, 0.717) is 13.1 Å². The fourth-order valence-electron chi connectivity index (χ4n) is 3.62. The van der Waals surface area contributed by atoms with Crippen LogP contribution in [0.3, 0.4) is 0 Å². The number of hydrogen-bond donors (Lipinski definition) is 1. The maximum atomic E-state index is 13.1. The van der Waals surface area contributed by atoms with E-state index in [0.717, 1.165) is 33.8 Å². The van der Waals surface area contributed by atoms with Crippen LogP contribution in [0.15, 0.2) is 18.2 Å². The first-order valence-electron chi connectivity index (χ1n) is 10.8. The number of thiazole rings is 1. The normalized spacial score (nSPS) is 16.4. The van der Waals surface area contributed by atoms with Crippen LogP contribution in [-0.2, 0) is 9.53 Å². The lowest BCUT2D eigenvalue weighted by atomic mass is 10.0. The molecule has 1 fully saturated rings. The first-order valence-corrected chi connectivity index (χ1v) is 11.7. The van der Waals surface area contributed by atoms with Crippen LogP contribution in [0.1, 0.15) is 52.5 Å². The van der Waals surface area contributed by atoms with E-state index in [9.17, 15) is 9.59 Å². The smallest absolute Gasteiger partial charge is 0.408 e. The Bertz CT molecular complexity index is 927. The molecule has 31 heavy (non-hydrogen) atoms. The Hall–Kier alpha value is -2.35. The molecule has 2 heterocycles. The van der Waals surface area contributed by atoms with Gasteiger partial charge in [-0.2, -0.15) is 0 Å². The van der Waals surface area contributed by atoms with Crippen molar-refractivity contribution in [1.82, 2.24) is 15.2 Å².